The van der Waals surface area contributed by atoms with Gasteiger partial charge in [0.1, 0.15) is 23.9 Å². The lowest BCUT2D eigenvalue weighted by Gasteiger charge is -2.34. The lowest BCUT2D eigenvalue weighted by atomic mass is 10.2. The van der Waals surface area contributed by atoms with Crippen molar-refractivity contribution in [2.24, 2.45) is 0 Å². The number of anilines is 1. The largest absolute Gasteiger partial charge is 0.497 e. The molecule has 1 saturated carbocycles. The Balaban J connectivity index is 1.48. The molecule has 1 atom stereocenters. The van der Waals surface area contributed by atoms with E-state index in [0.29, 0.717) is 31.9 Å². The van der Waals surface area contributed by atoms with Gasteiger partial charge in [-0.1, -0.05) is 17.3 Å². The fourth-order valence-corrected chi connectivity index (χ4v) is 3.93. The van der Waals surface area contributed by atoms with E-state index in [-0.39, 0.29) is 6.04 Å². The van der Waals surface area contributed by atoms with Crippen LogP contribution in [0, 0.1) is 6.92 Å². The summed E-state index contributed by atoms with van der Waals surface area (Å²) in [6, 6.07) is 10.8. The molecule has 2 fully saturated rings. The van der Waals surface area contributed by atoms with Crippen LogP contribution in [0.3, 0.4) is 0 Å². The predicted octanol–water partition coefficient (Wildman–Crippen LogP) is 3.19. The molecule has 2 aliphatic rings. The van der Waals surface area contributed by atoms with E-state index in [0.717, 1.165) is 53.6 Å². The third kappa shape index (κ3) is 4.25. The third-order valence-corrected chi connectivity index (χ3v) is 5.88. The lowest BCUT2D eigenvalue weighted by molar-refractivity contribution is 0.0984. The first kappa shape index (κ1) is 20.7. The number of hydrogen-bond donors (Lipinski definition) is 0. The molecule has 0 spiro atoms. The van der Waals surface area contributed by atoms with Crippen LogP contribution < -0.4 is 14.4 Å². The zero-order chi connectivity index (χ0) is 22.1. The zero-order valence-corrected chi connectivity index (χ0v) is 18.7. The van der Waals surface area contributed by atoms with Crippen LogP contribution >= 0.6 is 0 Å². The van der Waals surface area contributed by atoms with Gasteiger partial charge in [0.15, 0.2) is 0 Å². The number of nitrogens with zero attached hydrogens (tertiary/aromatic N) is 6. The Hall–Kier alpha value is -3.20. The molecule has 32 heavy (non-hydrogen) atoms. The Kier molecular flexibility index (Phi) is 5.65. The van der Waals surface area contributed by atoms with Gasteiger partial charge in [-0.25, -0.2) is 4.68 Å². The van der Waals surface area contributed by atoms with Gasteiger partial charge >= 0.3 is 6.01 Å². The summed E-state index contributed by atoms with van der Waals surface area (Å²) in [5, 5.41) is 8.69. The summed E-state index contributed by atoms with van der Waals surface area (Å²) in [6.07, 6.45) is 2.24. The first-order chi connectivity index (χ1) is 15.6. The van der Waals surface area contributed by atoms with E-state index in [9.17, 15) is 0 Å². The van der Waals surface area contributed by atoms with E-state index in [1.807, 2.05) is 41.9 Å². The molecule has 1 saturated heterocycles. The van der Waals surface area contributed by atoms with Crippen molar-refractivity contribution in [3.05, 3.63) is 41.6 Å². The molecule has 0 bridgehead atoms. The SMILES string of the molecule is COc1ccc(COc2nc(-c3c(C)nnn3C3CC3)cc(N3CCOC[C@H]3C)n2)cc1. The second-order valence-corrected chi connectivity index (χ2v) is 8.35. The van der Waals surface area contributed by atoms with Crippen LogP contribution in [-0.2, 0) is 11.3 Å². The summed E-state index contributed by atoms with van der Waals surface area (Å²) in [5.74, 6) is 1.64. The molecule has 3 aromatic rings. The average Bonchev–Trinajstić information content (AvgIpc) is 3.59. The smallest absolute Gasteiger partial charge is 0.319 e. The van der Waals surface area contributed by atoms with Crippen molar-refractivity contribution >= 4 is 5.82 Å². The van der Waals surface area contributed by atoms with Crippen molar-refractivity contribution in [2.45, 2.75) is 45.4 Å². The van der Waals surface area contributed by atoms with E-state index < -0.39 is 0 Å². The second-order valence-electron chi connectivity index (χ2n) is 8.35. The molecular formula is C23H28N6O3. The van der Waals surface area contributed by atoms with Gasteiger partial charge in [0.25, 0.3) is 0 Å². The number of hydrogen-bond acceptors (Lipinski definition) is 8. The number of morpholine rings is 1. The normalized spacial score (nSPS) is 18.6. The summed E-state index contributed by atoms with van der Waals surface area (Å²) in [7, 11) is 1.65. The van der Waals surface area contributed by atoms with Crippen LogP contribution in [0.5, 0.6) is 11.8 Å². The zero-order valence-electron chi connectivity index (χ0n) is 18.7. The molecule has 9 heteroatoms. The quantitative estimate of drug-likeness (QED) is 0.558. The number of benzene rings is 1. The van der Waals surface area contributed by atoms with Crippen LogP contribution in [0.15, 0.2) is 30.3 Å². The number of ether oxygens (including phenoxy) is 3. The van der Waals surface area contributed by atoms with Gasteiger partial charge in [0, 0.05) is 12.6 Å². The van der Waals surface area contributed by atoms with Crippen molar-refractivity contribution in [1.29, 1.82) is 0 Å². The molecule has 1 aromatic carbocycles. The molecule has 2 aromatic heterocycles. The van der Waals surface area contributed by atoms with Crippen molar-refractivity contribution in [2.75, 3.05) is 31.8 Å². The van der Waals surface area contributed by atoms with E-state index in [4.69, 9.17) is 24.2 Å². The fraction of sp³-hybridized carbons (Fsp3) is 0.478. The van der Waals surface area contributed by atoms with Gasteiger partial charge in [-0.2, -0.15) is 9.97 Å². The van der Waals surface area contributed by atoms with Crippen molar-refractivity contribution in [3.63, 3.8) is 0 Å². The maximum atomic E-state index is 6.06. The molecule has 1 aliphatic carbocycles. The summed E-state index contributed by atoms with van der Waals surface area (Å²) in [4.78, 5) is 11.8. The molecule has 0 amide bonds. The van der Waals surface area contributed by atoms with Crippen LogP contribution in [0.2, 0.25) is 0 Å². The van der Waals surface area contributed by atoms with Crippen molar-refractivity contribution in [1.82, 2.24) is 25.0 Å². The summed E-state index contributed by atoms with van der Waals surface area (Å²) < 4.78 is 18.9. The standard InChI is InChI=1S/C23H28N6O3/c1-15-13-31-11-10-28(15)21-12-20(22-16(2)26-27-29(22)18-6-7-18)24-23(25-21)32-14-17-4-8-19(30-3)9-5-17/h4-5,8-9,12,15,18H,6-7,10-11,13-14H2,1-3H3/t15-/m1/s1. The van der Waals surface area contributed by atoms with Crippen molar-refractivity contribution in [3.8, 4) is 23.1 Å². The minimum Gasteiger partial charge on any atom is -0.497 e. The highest BCUT2D eigenvalue weighted by Crippen LogP contribution is 2.38. The third-order valence-electron chi connectivity index (χ3n) is 5.88. The fourth-order valence-electron chi connectivity index (χ4n) is 3.93. The van der Waals surface area contributed by atoms with Crippen LogP contribution in [0.4, 0.5) is 5.82 Å². The topological polar surface area (TPSA) is 87.4 Å². The molecule has 1 aliphatic heterocycles. The first-order valence-electron chi connectivity index (χ1n) is 11.0. The van der Waals surface area contributed by atoms with Gasteiger partial charge < -0.3 is 19.1 Å². The molecule has 0 N–H and O–H groups in total. The van der Waals surface area contributed by atoms with E-state index in [1.165, 1.54) is 0 Å². The van der Waals surface area contributed by atoms with Gasteiger partial charge in [-0.15, -0.1) is 5.10 Å². The molecule has 0 radical (unpaired) electrons. The minimum absolute atomic E-state index is 0.216. The van der Waals surface area contributed by atoms with Gasteiger partial charge in [-0.3, -0.25) is 0 Å². The highest BCUT2D eigenvalue weighted by Gasteiger charge is 2.30. The lowest BCUT2D eigenvalue weighted by Crippen LogP contribution is -2.44. The Labute approximate surface area is 187 Å². The number of aryl methyl sites for hydroxylation is 1. The Morgan fingerprint density at radius 1 is 1.16 bits per heavy atom. The minimum atomic E-state index is 0.216. The van der Waals surface area contributed by atoms with E-state index in [2.05, 4.69) is 22.1 Å². The number of methoxy groups -OCH3 is 1. The average molecular weight is 437 g/mol. The Morgan fingerprint density at radius 2 is 1.97 bits per heavy atom. The molecular weight excluding hydrogens is 408 g/mol. The summed E-state index contributed by atoms with van der Waals surface area (Å²) in [6.45, 7) is 6.59. The van der Waals surface area contributed by atoms with E-state index >= 15 is 0 Å². The van der Waals surface area contributed by atoms with Gasteiger partial charge in [-0.05, 0) is 44.4 Å². The molecule has 5 rings (SSSR count). The molecule has 3 heterocycles. The maximum absolute atomic E-state index is 6.06. The number of rotatable bonds is 7. The second kappa shape index (κ2) is 8.74. The van der Waals surface area contributed by atoms with Gasteiger partial charge in [0.2, 0.25) is 0 Å². The monoisotopic (exact) mass is 436 g/mol. The highest BCUT2D eigenvalue weighted by molar-refractivity contribution is 5.62. The summed E-state index contributed by atoms with van der Waals surface area (Å²) >= 11 is 0. The molecule has 168 valence electrons. The first-order valence-corrected chi connectivity index (χ1v) is 11.0. The summed E-state index contributed by atoms with van der Waals surface area (Å²) in [5.41, 5.74) is 3.60. The van der Waals surface area contributed by atoms with Crippen LogP contribution in [-0.4, -0.2) is 57.9 Å². The maximum Gasteiger partial charge on any atom is 0.319 e. The Morgan fingerprint density at radius 3 is 2.69 bits per heavy atom. The van der Waals surface area contributed by atoms with Crippen LogP contribution in [0.1, 0.15) is 37.1 Å². The van der Waals surface area contributed by atoms with E-state index in [1.54, 1.807) is 7.11 Å². The predicted molar refractivity (Wildman–Crippen MR) is 119 cm³/mol. The van der Waals surface area contributed by atoms with Crippen LogP contribution in [0.25, 0.3) is 11.4 Å². The van der Waals surface area contributed by atoms with Crippen molar-refractivity contribution < 1.29 is 14.2 Å². The molecule has 0 unspecified atom stereocenters. The van der Waals surface area contributed by atoms with Gasteiger partial charge in [0.05, 0.1) is 43.8 Å². The molecule has 9 nitrogen and oxygen atoms in total. The number of aromatic nitrogens is 5. The highest BCUT2D eigenvalue weighted by atomic mass is 16.5. The Bertz CT molecular complexity index is 1080.